The number of hydrogen-bond donors (Lipinski definition) is 1. The van der Waals surface area contributed by atoms with E-state index in [0.717, 1.165) is 5.56 Å². The minimum Gasteiger partial charge on any atom is -0.465 e. The molecular formula is C21H22N2O4. The van der Waals surface area contributed by atoms with E-state index in [1.54, 1.807) is 36.2 Å². The van der Waals surface area contributed by atoms with Gasteiger partial charge in [0.25, 0.3) is 0 Å². The Kier molecular flexibility index (Phi) is 5.54. The Morgan fingerprint density at radius 2 is 1.81 bits per heavy atom. The summed E-state index contributed by atoms with van der Waals surface area (Å²) in [6.45, 7) is 0.520. The number of carbonyl (C=O) groups excluding carboxylic acids is 3. The van der Waals surface area contributed by atoms with E-state index in [2.05, 4.69) is 10.1 Å². The molecule has 2 aromatic rings. The highest BCUT2D eigenvalue weighted by Crippen LogP contribution is 2.40. The first-order valence-corrected chi connectivity index (χ1v) is 8.77. The summed E-state index contributed by atoms with van der Waals surface area (Å²) in [5, 5.41) is 2.78. The number of anilines is 1. The number of ether oxygens (including phenoxy) is 1. The Balaban J connectivity index is 1.55. The summed E-state index contributed by atoms with van der Waals surface area (Å²) in [6, 6.07) is 16.3. The van der Waals surface area contributed by atoms with E-state index in [9.17, 15) is 14.4 Å². The van der Waals surface area contributed by atoms with Crippen LogP contribution < -0.4 is 5.32 Å². The predicted molar refractivity (Wildman–Crippen MR) is 101 cm³/mol. The monoisotopic (exact) mass is 366 g/mol. The zero-order valence-electron chi connectivity index (χ0n) is 15.3. The summed E-state index contributed by atoms with van der Waals surface area (Å²) in [7, 11) is 3.06. The van der Waals surface area contributed by atoms with E-state index in [-0.39, 0.29) is 23.7 Å². The Labute approximate surface area is 158 Å². The molecule has 2 amide bonds. The summed E-state index contributed by atoms with van der Waals surface area (Å²) in [5.74, 6) is -1.32. The van der Waals surface area contributed by atoms with E-state index in [0.29, 0.717) is 24.2 Å². The van der Waals surface area contributed by atoms with Gasteiger partial charge in [-0.25, -0.2) is 4.79 Å². The Morgan fingerprint density at radius 1 is 1.07 bits per heavy atom. The Bertz CT molecular complexity index is 850. The smallest absolute Gasteiger partial charge is 0.337 e. The van der Waals surface area contributed by atoms with E-state index >= 15 is 0 Å². The first-order chi connectivity index (χ1) is 13.0. The van der Waals surface area contributed by atoms with Crippen molar-refractivity contribution in [2.75, 3.05) is 19.5 Å². The molecule has 1 N–H and O–H groups in total. The number of rotatable bonds is 6. The average Bonchev–Trinajstić information content (AvgIpc) is 3.48. The quantitative estimate of drug-likeness (QED) is 0.798. The summed E-state index contributed by atoms with van der Waals surface area (Å²) < 4.78 is 4.68. The van der Waals surface area contributed by atoms with Crippen LogP contribution in [0.4, 0.5) is 5.69 Å². The van der Waals surface area contributed by atoms with Crippen LogP contribution in [0.25, 0.3) is 0 Å². The highest BCUT2D eigenvalue weighted by molar-refractivity contribution is 6.00. The molecule has 0 bridgehead atoms. The molecule has 1 saturated carbocycles. The predicted octanol–water partition coefficient (Wildman–Crippen LogP) is 2.71. The lowest BCUT2D eigenvalue weighted by Crippen LogP contribution is -2.29. The third-order valence-electron chi connectivity index (χ3n) is 4.63. The number of benzene rings is 2. The maximum absolute atomic E-state index is 12.5. The molecular weight excluding hydrogens is 344 g/mol. The summed E-state index contributed by atoms with van der Waals surface area (Å²) >= 11 is 0. The second-order valence-corrected chi connectivity index (χ2v) is 6.69. The van der Waals surface area contributed by atoms with Gasteiger partial charge in [0.15, 0.2) is 0 Å². The van der Waals surface area contributed by atoms with Gasteiger partial charge in [-0.2, -0.15) is 0 Å². The molecule has 2 aromatic carbocycles. The maximum atomic E-state index is 12.5. The van der Waals surface area contributed by atoms with Gasteiger partial charge in [-0.05, 0) is 30.2 Å². The van der Waals surface area contributed by atoms with Gasteiger partial charge < -0.3 is 15.0 Å². The van der Waals surface area contributed by atoms with Crippen LogP contribution in [0.15, 0.2) is 54.6 Å². The number of methoxy groups -OCH3 is 1. The van der Waals surface area contributed by atoms with Crippen molar-refractivity contribution >= 4 is 23.5 Å². The fourth-order valence-corrected chi connectivity index (χ4v) is 3.05. The second kappa shape index (κ2) is 8.03. The lowest BCUT2D eigenvalue weighted by Gasteiger charge is -2.17. The van der Waals surface area contributed by atoms with Crippen LogP contribution in [-0.2, 0) is 20.9 Å². The molecule has 3 rings (SSSR count). The minimum absolute atomic E-state index is 0.0256. The van der Waals surface area contributed by atoms with Crippen LogP contribution >= 0.6 is 0 Å². The molecule has 6 nitrogen and oxygen atoms in total. The van der Waals surface area contributed by atoms with Crippen molar-refractivity contribution in [1.82, 2.24) is 4.90 Å². The van der Waals surface area contributed by atoms with Crippen LogP contribution in [0.3, 0.4) is 0 Å². The lowest BCUT2D eigenvalue weighted by molar-refractivity contribution is -0.133. The number of hydrogen-bond acceptors (Lipinski definition) is 4. The summed E-state index contributed by atoms with van der Waals surface area (Å²) in [4.78, 5) is 38.2. The minimum atomic E-state index is -0.465. The molecule has 27 heavy (non-hydrogen) atoms. The fourth-order valence-electron chi connectivity index (χ4n) is 3.05. The fraction of sp³-hybridized carbons (Fsp3) is 0.286. The molecule has 0 heterocycles. The van der Waals surface area contributed by atoms with Crippen molar-refractivity contribution in [2.45, 2.75) is 13.0 Å². The van der Waals surface area contributed by atoms with Crippen molar-refractivity contribution in [3.8, 4) is 0 Å². The van der Waals surface area contributed by atoms with E-state index in [4.69, 9.17) is 0 Å². The maximum Gasteiger partial charge on any atom is 0.337 e. The zero-order chi connectivity index (χ0) is 19.4. The third-order valence-corrected chi connectivity index (χ3v) is 4.63. The number of esters is 1. The van der Waals surface area contributed by atoms with E-state index in [1.165, 1.54) is 7.11 Å². The van der Waals surface area contributed by atoms with Gasteiger partial charge in [0.1, 0.15) is 0 Å². The first kappa shape index (κ1) is 18.6. The van der Waals surface area contributed by atoms with Gasteiger partial charge in [-0.1, -0.05) is 36.4 Å². The third kappa shape index (κ3) is 4.53. The Morgan fingerprint density at radius 3 is 2.52 bits per heavy atom. The largest absolute Gasteiger partial charge is 0.465 e. The van der Waals surface area contributed by atoms with Crippen LogP contribution in [0.1, 0.15) is 22.3 Å². The molecule has 0 aliphatic heterocycles. The van der Waals surface area contributed by atoms with Crippen molar-refractivity contribution in [2.24, 2.45) is 11.8 Å². The molecule has 1 fully saturated rings. The van der Waals surface area contributed by atoms with Crippen LogP contribution in [0.2, 0.25) is 0 Å². The molecule has 0 saturated heterocycles. The van der Waals surface area contributed by atoms with Crippen molar-refractivity contribution in [3.63, 3.8) is 0 Å². The number of amides is 2. The highest BCUT2D eigenvalue weighted by Gasteiger charge is 2.49. The van der Waals surface area contributed by atoms with Gasteiger partial charge in [0, 0.05) is 19.3 Å². The van der Waals surface area contributed by atoms with Gasteiger partial charge in [0.05, 0.1) is 24.5 Å². The number of carbonyl (C=O) groups is 3. The normalized spacial score (nSPS) is 17.7. The molecule has 2 atom stereocenters. The van der Waals surface area contributed by atoms with E-state index < -0.39 is 5.97 Å². The van der Waals surface area contributed by atoms with Crippen molar-refractivity contribution in [1.29, 1.82) is 0 Å². The zero-order valence-corrected chi connectivity index (χ0v) is 15.3. The van der Waals surface area contributed by atoms with Gasteiger partial charge in [-0.3, -0.25) is 9.59 Å². The van der Waals surface area contributed by atoms with Crippen molar-refractivity contribution < 1.29 is 19.1 Å². The second-order valence-electron chi connectivity index (χ2n) is 6.69. The van der Waals surface area contributed by atoms with Gasteiger partial charge >= 0.3 is 5.97 Å². The van der Waals surface area contributed by atoms with E-state index in [1.807, 2.05) is 30.3 Å². The average molecular weight is 366 g/mol. The lowest BCUT2D eigenvalue weighted by atomic mass is 10.2. The molecule has 0 radical (unpaired) electrons. The molecule has 0 aromatic heterocycles. The molecule has 0 spiro atoms. The summed E-state index contributed by atoms with van der Waals surface area (Å²) in [6.07, 6.45) is 0.542. The number of nitrogens with one attached hydrogen (secondary N) is 1. The Hall–Kier alpha value is -3.15. The molecule has 140 valence electrons. The van der Waals surface area contributed by atoms with Crippen LogP contribution in [0, 0.1) is 11.8 Å². The van der Waals surface area contributed by atoms with Gasteiger partial charge in [-0.15, -0.1) is 0 Å². The topological polar surface area (TPSA) is 75.7 Å². The van der Waals surface area contributed by atoms with Gasteiger partial charge in [0.2, 0.25) is 11.8 Å². The molecule has 1 aliphatic rings. The molecule has 1 aliphatic carbocycles. The molecule has 2 unspecified atom stereocenters. The highest BCUT2D eigenvalue weighted by atomic mass is 16.5. The van der Waals surface area contributed by atoms with Crippen LogP contribution in [-0.4, -0.2) is 36.8 Å². The number of nitrogens with zero attached hydrogens (tertiary/aromatic N) is 1. The SMILES string of the molecule is COC(=O)c1cccc(NC(=O)C2CC2C(=O)N(C)Cc2ccccc2)c1. The molecule has 6 heteroatoms. The van der Waals surface area contributed by atoms with Crippen LogP contribution in [0.5, 0.6) is 0 Å². The standard InChI is InChI=1S/C21H22N2O4/c1-23(13-14-7-4-3-5-8-14)20(25)18-12-17(18)19(24)22-16-10-6-9-15(11-16)21(26)27-2/h3-11,17-18H,12-13H2,1-2H3,(H,22,24). The summed E-state index contributed by atoms with van der Waals surface area (Å²) in [5.41, 5.74) is 1.93. The first-order valence-electron chi connectivity index (χ1n) is 8.77. The van der Waals surface area contributed by atoms with Crippen molar-refractivity contribution in [3.05, 3.63) is 65.7 Å².